The Balaban J connectivity index is 1.70. The molecular formula is C24H21NO3S2. The van der Waals surface area contributed by atoms with Crippen LogP contribution in [-0.2, 0) is 15.3 Å². The van der Waals surface area contributed by atoms with Crippen molar-refractivity contribution >= 4 is 46.2 Å². The Morgan fingerprint density at radius 2 is 1.70 bits per heavy atom. The number of imide groups is 1. The van der Waals surface area contributed by atoms with Gasteiger partial charge in [0.15, 0.2) is 0 Å². The van der Waals surface area contributed by atoms with E-state index in [4.69, 9.17) is 4.74 Å². The molecule has 1 aliphatic rings. The summed E-state index contributed by atoms with van der Waals surface area (Å²) in [5, 5.41) is 1.92. The normalized spacial score (nSPS) is 14.0. The first-order chi connectivity index (χ1) is 14.7. The topological polar surface area (TPSA) is 46.6 Å². The molecule has 1 aliphatic heterocycles. The molecule has 152 valence electrons. The lowest BCUT2D eigenvalue weighted by Gasteiger charge is -2.19. The Bertz CT molecular complexity index is 1070. The number of hydrogen-bond acceptors (Lipinski definition) is 5. The number of nitrogens with zero attached hydrogens (tertiary/aromatic N) is 1. The summed E-state index contributed by atoms with van der Waals surface area (Å²) in [6, 6.07) is 20.9. The van der Waals surface area contributed by atoms with Crippen LogP contribution in [0.4, 0.5) is 5.69 Å². The highest BCUT2D eigenvalue weighted by molar-refractivity contribution is 8.03. The van der Waals surface area contributed by atoms with E-state index < -0.39 is 0 Å². The Morgan fingerprint density at radius 3 is 2.43 bits per heavy atom. The zero-order chi connectivity index (χ0) is 20.9. The Morgan fingerprint density at radius 1 is 0.933 bits per heavy atom. The first kappa shape index (κ1) is 20.4. The van der Waals surface area contributed by atoms with Crippen molar-refractivity contribution in [2.45, 2.75) is 19.1 Å². The van der Waals surface area contributed by atoms with Crippen LogP contribution in [0.2, 0.25) is 0 Å². The van der Waals surface area contributed by atoms with Gasteiger partial charge in [0.1, 0.15) is 5.75 Å². The van der Waals surface area contributed by atoms with Crippen molar-refractivity contribution in [3.05, 3.63) is 87.5 Å². The van der Waals surface area contributed by atoms with Crippen molar-refractivity contribution in [1.29, 1.82) is 0 Å². The first-order valence-electron chi connectivity index (χ1n) is 9.76. The number of thiophene rings is 1. The van der Waals surface area contributed by atoms with Gasteiger partial charge >= 0.3 is 0 Å². The molecule has 0 aliphatic carbocycles. The number of benzene rings is 2. The molecule has 3 aromatic rings. The van der Waals surface area contributed by atoms with Crippen molar-refractivity contribution in [2.24, 2.45) is 0 Å². The number of rotatable bonds is 8. The smallest absolute Gasteiger partial charge is 0.272 e. The van der Waals surface area contributed by atoms with Gasteiger partial charge in [-0.15, -0.1) is 23.1 Å². The molecule has 4 rings (SSSR count). The van der Waals surface area contributed by atoms with Crippen LogP contribution in [-0.4, -0.2) is 18.4 Å². The second-order valence-electron chi connectivity index (χ2n) is 6.72. The first-order valence-corrected chi connectivity index (χ1v) is 11.6. The second kappa shape index (κ2) is 9.32. The molecule has 0 fully saturated rings. The Labute approximate surface area is 184 Å². The highest BCUT2D eigenvalue weighted by atomic mass is 32.2. The number of anilines is 1. The maximum atomic E-state index is 13.4. The van der Waals surface area contributed by atoms with Crippen LogP contribution in [0.1, 0.15) is 23.8 Å². The molecule has 1 aromatic heterocycles. The van der Waals surface area contributed by atoms with Crippen molar-refractivity contribution in [3.8, 4) is 5.75 Å². The van der Waals surface area contributed by atoms with Gasteiger partial charge in [0, 0.05) is 10.6 Å². The molecule has 2 amide bonds. The van der Waals surface area contributed by atoms with E-state index in [1.807, 2.05) is 66.9 Å². The van der Waals surface area contributed by atoms with Crippen LogP contribution in [0.15, 0.2) is 77.0 Å². The number of ether oxygens (including phenoxy) is 1. The number of carbonyl (C=O) groups excluding carboxylic acids is 2. The van der Waals surface area contributed by atoms with Crippen LogP contribution in [0.25, 0.3) is 5.57 Å². The molecule has 4 nitrogen and oxygen atoms in total. The fourth-order valence-corrected chi connectivity index (χ4v) is 5.10. The zero-order valence-corrected chi connectivity index (χ0v) is 18.2. The summed E-state index contributed by atoms with van der Waals surface area (Å²) in [7, 11) is 0. The largest absolute Gasteiger partial charge is 0.491 e. The number of para-hydroxylation sites is 2. The minimum absolute atomic E-state index is 0.295. The molecule has 0 saturated heterocycles. The van der Waals surface area contributed by atoms with Crippen LogP contribution in [0, 0.1) is 0 Å². The summed E-state index contributed by atoms with van der Waals surface area (Å²) in [6.07, 6.45) is 0.840. The summed E-state index contributed by atoms with van der Waals surface area (Å²) >= 11 is 2.88. The maximum Gasteiger partial charge on any atom is 0.272 e. The average molecular weight is 436 g/mol. The number of hydrogen-bond donors (Lipinski definition) is 0. The van der Waals surface area contributed by atoms with Gasteiger partial charge < -0.3 is 4.74 Å². The molecule has 0 atom stereocenters. The quantitative estimate of drug-likeness (QED) is 0.422. The lowest BCUT2D eigenvalue weighted by Crippen LogP contribution is -2.31. The number of thioether (sulfide) groups is 1. The molecule has 2 aromatic carbocycles. The summed E-state index contributed by atoms with van der Waals surface area (Å²) in [5.74, 6) is 0.564. The van der Waals surface area contributed by atoms with Gasteiger partial charge in [0.25, 0.3) is 11.8 Å². The lowest BCUT2D eigenvalue weighted by atomic mass is 10.2. The zero-order valence-electron chi connectivity index (χ0n) is 16.5. The van der Waals surface area contributed by atoms with Crippen LogP contribution in [0.3, 0.4) is 0 Å². The predicted octanol–water partition coefficient (Wildman–Crippen LogP) is 5.75. The van der Waals surface area contributed by atoms with Crippen molar-refractivity contribution in [1.82, 2.24) is 0 Å². The molecule has 0 radical (unpaired) electrons. The summed E-state index contributed by atoms with van der Waals surface area (Å²) in [6.45, 7) is 2.54. The van der Waals surface area contributed by atoms with E-state index in [0.717, 1.165) is 16.9 Å². The van der Waals surface area contributed by atoms with Crippen molar-refractivity contribution in [3.63, 3.8) is 0 Å². The summed E-state index contributed by atoms with van der Waals surface area (Å²) < 4.78 is 5.82. The highest BCUT2D eigenvalue weighted by Crippen LogP contribution is 2.43. The lowest BCUT2D eigenvalue weighted by molar-refractivity contribution is -0.119. The van der Waals surface area contributed by atoms with E-state index in [0.29, 0.717) is 34.3 Å². The summed E-state index contributed by atoms with van der Waals surface area (Å²) in [4.78, 5) is 29.4. The molecule has 2 heterocycles. The Hall–Kier alpha value is -2.83. The van der Waals surface area contributed by atoms with Crippen LogP contribution in [0.5, 0.6) is 5.75 Å². The maximum absolute atomic E-state index is 13.4. The third-order valence-corrected chi connectivity index (χ3v) is 6.64. The van der Waals surface area contributed by atoms with Gasteiger partial charge in [0.2, 0.25) is 0 Å². The molecule has 0 bridgehead atoms. The van der Waals surface area contributed by atoms with Gasteiger partial charge in [-0.25, -0.2) is 4.90 Å². The minimum atomic E-state index is -0.300. The van der Waals surface area contributed by atoms with Gasteiger partial charge in [-0.05, 0) is 35.6 Å². The highest BCUT2D eigenvalue weighted by Gasteiger charge is 2.41. The summed E-state index contributed by atoms with van der Waals surface area (Å²) in [5.41, 5.74) is 2.07. The van der Waals surface area contributed by atoms with Crippen LogP contribution >= 0.6 is 23.1 Å². The standard InChI is InChI=1S/C24H21NO3S2/c1-2-14-28-19-12-7-6-11-18(19)25-23(26)21(20-13-8-15-29-20)22(24(25)27)30-16-17-9-4-3-5-10-17/h3-13,15H,2,14,16H2,1H3. The monoisotopic (exact) mass is 435 g/mol. The predicted molar refractivity (Wildman–Crippen MR) is 124 cm³/mol. The number of amides is 2. The van der Waals surface area contributed by atoms with Crippen molar-refractivity contribution < 1.29 is 14.3 Å². The van der Waals surface area contributed by atoms with Crippen LogP contribution < -0.4 is 9.64 Å². The van der Waals surface area contributed by atoms with Gasteiger partial charge in [-0.2, -0.15) is 0 Å². The molecule has 0 saturated carbocycles. The van der Waals surface area contributed by atoms with E-state index in [1.165, 1.54) is 28.0 Å². The SMILES string of the molecule is CCCOc1ccccc1N1C(=O)C(SCc2ccccc2)=C(c2cccs2)C1=O. The van der Waals surface area contributed by atoms with E-state index >= 15 is 0 Å². The molecular weight excluding hydrogens is 414 g/mol. The third-order valence-electron chi connectivity index (χ3n) is 4.60. The second-order valence-corrected chi connectivity index (χ2v) is 8.65. The number of carbonyl (C=O) groups is 2. The third kappa shape index (κ3) is 4.06. The van der Waals surface area contributed by atoms with E-state index in [9.17, 15) is 9.59 Å². The molecule has 6 heteroatoms. The molecule has 0 spiro atoms. The van der Waals surface area contributed by atoms with Gasteiger partial charge in [-0.3, -0.25) is 9.59 Å². The fourth-order valence-electron chi connectivity index (χ4n) is 3.21. The molecule has 0 unspecified atom stereocenters. The average Bonchev–Trinajstić information content (AvgIpc) is 3.38. The Kier molecular flexibility index (Phi) is 6.35. The van der Waals surface area contributed by atoms with Gasteiger partial charge in [-0.1, -0.05) is 55.5 Å². The fraction of sp³-hybridized carbons (Fsp3) is 0.167. The minimum Gasteiger partial charge on any atom is -0.491 e. The van der Waals surface area contributed by atoms with E-state index in [2.05, 4.69) is 0 Å². The van der Waals surface area contributed by atoms with E-state index in [-0.39, 0.29) is 11.8 Å². The van der Waals surface area contributed by atoms with E-state index in [1.54, 1.807) is 12.1 Å². The van der Waals surface area contributed by atoms with Gasteiger partial charge in [0.05, 0.1) is 22.8 Å². The van der Waals surface area contributed by atoms with Crippen molar-refractivity contribution in [2.75, 3.05) is 11.5 Å². The molecule has 0 N–H and O–H groups in total. The molecule has 30 heavy (non-hydrogen) atoms.